The summed E-state index contributed by atoms with van der Waals surface area (Å²) in [5.74, 6) is 6.60. The van der Waals surface area contributed by atoms with Crippen molar-refractivity contribution in [1.29, 1.82) is 0 Å². The van der Waals surface area contributed by atoms with Gasteiger partial charge < -0.3 is 26.6 Å². The highest BCUT2D eigenvalue weighted by Gasteiger charge is 2.34. The molecule has 1 aromatic heterocycles. The summed E-state index contributed by atoms with van der Waals surface area (Å²) in [5, 5.41) is 17.8. The van der Waals surface area contributed by atoms with E-state index in [0.717, 1.165) is 23.9 Å². The number of imidazole rings is 1. The standard InChI is InChI=1S/C28H33ClF2N8O2.CH2O2/c1-18(40)28(30,31)14-4-3-5-23(27-35-16-24(38-27)19-6-10-22(34-2)11-7-19)37-26(41)13-8-20-15-21(29)9-12-25(20)39(33)17-36-32;2-1-3/h6-13,15-17,23,34H,3-5,14,32-33H2,1-2H3,(H,35,38)(H,37,41);1H,(H,2,3)/b13-8+,36-17-;/t23-;/m0./s1. The number of aromatic amines is 1. The highest BCUT2D eigenvalue weighted by Crippen LogP contribution is 2.27. The molecule has 8 N–H and O–H groups in total. The number of alkyl halides is 2. The van der Waals surface area contributed by atoms with Gasteiger partial charge in [-0.2, -0.15) is 13.9 Å². The molecule has 0 aliphatic carbocycles. The van der Waals surface area contributed by atoms with Crippen LogP contribution < -0.4 is 27.3 Å². The zero-order valence-electron chi connectivity index (χ0n) is 24.1. The predicted molar refractivity (Wildman–Crippen MR) is 167 cm³/mol. The van der Waals surface area contributed by atoms with E-state index in [4.69, 9.17) is 33.2 Å². The molecule has 0 radical (unpaired) electrons. The Hall–Kier alpha value is -4.82. The number of Topliss-reactive ketones (excluding diaryl/α,β-unsaturated/α-hetero) is 1. The summed E-state index contributed by atoms with van der Waals surface area (Å²) >= 11 is 6.13. The maximum absolute atomic E-state index is 13.8. The third-order valence-corrected chi connectivity index (χ3v) is 6.58. The van der Waals surface area contributed by atoms with Crippen LogP contribution >= 0.6 is 11.6 Å². The molecule has 0 aliphatic rings. The number of nitrogens with zero attached hydrogens (tertiary/aromatic N) is 3. The van der Waals surface area contributed by atoms with Crippen molar-refractivity contribution in [3.05, 3.63) is 71.1 Å². The van der Waals surface area contributed by atoms with Crippen LogP contribution in [0.1, 0.15) is 50.0 Å². The number of carboxylic acid groups (broad SMARTS) is 1. The van der Waals surface area contributed by atoms with Crippen LogP contribution in [0.5, 0.6) is 0 Å². The van der Waals surface area contributed by atoms with Crippen molar-refractivity contribution >= 4 is 53.6 Å². The molecule has 15 heteroatoms. The number of aromatic nitrogens is 2. The summed E-state index contributed by atoms with van der Waals surface area (Å²) in [6, 6.07) is 12.0. The first-order valence-electron chi connectivity index (χ1n) is 13.3. The Balaban J connectivity index is 0.00000216. The van der Waals surface area contributed by atoms with E-state index >= 15 is 0 Å². The normalized spacial score (nSPS) is 12.0. The minimum atomic E-state index is -3.38. The fourth-order valence-corrected chi connectivity index (χ4v) is 4.22. The van der Waals surface area contributed by atoms with Crippen LogP contribution in [0.15, 0.2) is 59.8 Å². The number of H-pyrrole nitrogens is 1. The second-order valence-corrected chi connectivity index (χ2v) is 9.83. The number of halogens is 3. The van der Waals surface area contributed by atoms with Crippen molar-refractivity contribution in [2.45, 2.75) is 44.6 Å². The predicted octanol–water partition coefficient (Wildman–Crippen LogP) is 4.71. The first-order valence-corrected chi connectivity index (χ1v) is 13.7. The van der Waals surface area contributed by atoms with Gasteiger partial charge in [-0.25, -0.2) is 10.8 Å². The number of rotatable bonds is 14. The van der Waals surface area contributed by atoms with Crippen LogP contribution in [0, 0.1) is 0 Å². The summed E-state index contributed by atoms with van der Waals surface area (Å²) in [5.41, 5.74) is 3.59. The van der Waals surface area contributed by atoms with Crippen molar-refractivity contribution in [2.24, 2.45) is 16.8 Å². The molecule has 0 bridgehead atoms. The van der Waals surface area contributed by atoms with Crippen LogP contribution in [-0.4, -0.2) is 52.5 Å². The molecule has 44 heavy (non-hydrogen) atoms. The SMILES string of the molecule is CNc1ccc(-c2cnc([C@H](CCCCC(F)(F)C(C)=O)NC(=O)/C=C/c3cc(Cl)ccc3N(N)/C=N\N)[nH]2)cc1.O=CO. The Kier molecular flexibility index (Phi) is 13.9. The molecule has 3 aromatic rings. The minimum Gasteiger partial charge on any atom is -0.483 e. The zero-order chi connectivity index (χ0) is 32.7. The summed E-state index contributed by atoms with van der Waals surface area (Å²) in [6.07, 6.45) is 5.84. The van der Waals surface area contributed by atoms with Gasteiger partial charge in [0, 0.05) is 42.7 Å². The molecule has 1 atom stereocenters. The zero-order valence-corrected chi connectivity index (χ0v) is 24.9. The number of amides is 1. The Morgan fingerprint density at radius 1 is 1.23 bits per heavy atom. The molecular weight excluding hydrogens is 598 g/mol. The van der Waals surface area contributed by atoms with E-state index in [9.17, 15) is 18.4 Å². The van der Waals surface area contributed by atoms with Crippen molar-refractivity contribution < 1.29 is 28.3 Å². The first-order chi connectivity index (χ1) is 20.9. The molecule has 0 fully saturated rings. The minimum absolute atomic E-state index is 0.0920. The van der Waals surface area contributed by atoms with Gasteiger partial charge in [-0.05, 0) is 54.8 Å². The van der Waals surface area contributed by atoms with Crippen molar-refractivity contribution in [1.82, 2.24) is 15.3 Å². The quantitative estimate of drug-likeness (QED) is 0.0278. The molecule has 0 unspecified atom stereocenters. The van der Waals surface area contributed by atoms with Crippen molar-refractivity contribution in [2.75, 3.05) is 17.4 Å². The number of benzene rings is 2. The smallest absolute Gasteiger partial charge is 0.304 e. The highest BCUT2D eigenvalue weighted by molar-refractivity contribution is 6.30. The lowest BCUT2D eigenvalue weighted by Crippen LogP contribution is -2.30. The molecule has 0 spiro atoms. The van der Waals surface area contributed by atoms with Crippen LogP contribution in [0.3, 0.4) is 0 Å². The molecule has 1 amide bonds. The van der Waals surface area contributed by atoms with Gasteiger partial charge in [0.05, 0.1) is 23.6 Å². The molecule has 3 rings (SSSR count). The molecular formula is C29H35ClF2N8O4. The van der Waals surface area contributed by atoms with E-state index < -0.39 is 30.1 Å². The molecule has 236 valence electrons. The molecule has 0 aliphatic heterocycles. The summed E-state index contributed by atoms with van der Waals surface area (Å²) in [4.78, 5) is 40.2. The van der Waals surface area contributed by atoms with Crippen LogP contribution in [0.2, 0.25) is 5.02 Å². The van der Waals surface area contributed by atoms with E-state index in [-0.39, 0.29) is 12.9 Å². The van der Waals surface area contributed by atoms with Gasteiger partial charge in [0.1, 0.15) is 12.2 Å². The number of hydrazine groups is 1. The number of carbonyl (C=O) groups is 3. The van der Waals surface area contributed by atoms with Gasteiger partial charge in [-0.1, -0.05) is 30.2 Å². The summed E-state index contributed by atoms with van der Waals surface area (Å²) in [6.45, 7) is 0.626. The van der Waals surface area contributed by atoms with Crippen molar-refractivity contribution in [3.8, 4) is 11.3 Å². The first kappa shape index (κ1) is 35.4. The lowest BCUT2D eigenvalue weighted by atomic mass is 10.0. The summed E-state index contributed by atoms with van der Waals surface area (Å²) in [7, 11) is 1.82. The number of anilines is 2. The Bertz CT molecular complexity index is 1450. The van der Waals surface area contributed by atoms with Gasteiger partial charge in [0.15, 0.2) is 5.78 Å². The molecule has 12 nitrogen and oxygen atoms in total. The van der Waals surface area contributed by atoms with Gasteiger partial charge in [-0.3, -0.25) is 19.4 Å². The Morgan fingerprint density at radius 2 is 1.91 bits per heavy atom. The number of unbranched alkanes of at least 4 members (excludes halogenated alkanes) is 1. The topological polar surface area (TPSA) is 192 Å². The van der Waals surface area contributed by atoms with Crippen LogP contribution in [0.25, 0.3) is 17.3 Å². The highest BCUT2D eigenvalue weighted by atomic mass is 35.5. The molecule has 0 saturated heterocycles. The van der Waals surface area contributed by atoms with Crippen molar-refractivity contribution in [3.63, 3.8) is 0 Å². The van der Waals surface area contributed by atoms with Crippen LogP contribution in [0.4, 0.5) is 20.2 Å². The maximum atomic E-state index is 13.8. The van der Waals surface area contributed by atoms with Gasteiger partial charge in [0.25, 0.3) is 6.47 Å². The number of ketones is 1. The number of nitrogens with two attached hydrogens (primary N) is 2. The average molecular weight is 633 g/mol. The fourth-order valence-electron chi connectivity index (χ4n) is 4.04. The summed E-state index contributed by atoms with van der Waals surface area (Å²) < 4.78 is 27.6. The van der Waals surface area contributed by atoms with Gasteiger partial charge >= 0.3 is 5.92 Å². The van der Waals surface area contributed by atoms with E-state index in [2.05, 4.69) is 25.7 Å². The number of nitrogens with one attached hydrogen (secondary N) is 3. The molecule has 0 saturated carbocycles. The average Bonchev–Trinajstić information content (AvgIpc) is 3.48. The second kappa shape index (κ2) is 17.3. The number of hydrogen-bond acceptors (Lipinski definition) is 8. The number of hydrazone groups is 1. The van der Waals surface area contributed by atoms with Gasteiger partial charge in [0.2, 0.25) is 5.91 Å². The lowest BCUT2D eigenvalue weighted by Gasteiger charge is -2.17. The monoisotopic (exact) mass is 632 g/mol. The van der Waals surface area contributed by atoms with Crippen LogP contribution in [-0.2, 0) is 14.4 Å². The maximum Gasteiger partial charge on any atom is 0.304 e. The lowest BCUT2D eigenvalue weighted by molar-refractivity contribution is -0.141. The third-order valence-electron chi connectivity index (χ3n) is 6.35. The number of carbonyl (C=O) groups excluding carboxylic acids is 2. The van der Waals surface area contributed by atoms with E-state index in [1.165, 1.54) is 23.5 Å². The number of hydrogen-bond donors (Lipinski definition) is 6. The van der Waals surface area contributed by atoms with E-state index in [0.29, 0.717) is 34.9 Å². The Morgan fingerprint density at radius 3 is 2.52 bits per heavy atom. The van der Waals surface area contributed by atoms with Gasteiger partial charge in [-0.15, -0.1) is 0 Å². The Labute approximate surface area is 258 Å². The molecule has 1 heterocycles. The van der Waals surface area contributed by atoms with E-state index in [1.807, 2.05) is 31.3 Å². The van der Waals surface area contributed by atoms with E-state index in [1.54, 1.807) is 24.4 Å². The fraction of sp³-hybridized carbons (Fsp3) is 0.276. The second-order valence-electron chi connectivity index (χ2n) is 9.39. The third kappa shape index (κ3) is 10.8. The largest absolute Gasteiger partial charge is 0.483 e. The molecule has 2 aromatic carbocycles.